The summed E-state index contributed by atoms with van der Waals surface area (Å²) in [5.74, 6) is 1.37. The summed E-state index contributed by atoms with van der Waals surface area (Å²) in [6.45, 7) is 12.3. The zero-order valence-electron chi connectivity index (χ0n) is 14.9. The number of hydrogen-bond acceptors (Lipinski definition) is 4. The Morgan fingerprint density at radius 1 is 1.35 bits per heavy atom. The fourth-order valence-corrected chi connectivity index (χ4v) is 3.53. The number of nitrogens with zero attached hydrogens (tertiary/aromatic N) is 2. The molecule has 1 aromatic rings. The Bertz CT molecular complexity index is 520. The average Bonchev–Trinajstić information content (AvgIpc) is 2.94. The predicted octanol–water partition coefficient (Wildman–Crippen LogP) is 2.35. The Labute approximate surface area is 146 Å². The van der Waals surface area contributed by atoms with Crippen LogP contribution in [0.25, 0.3) is 0 Å². The van der Waals surface area contributed by atoms with Crippen LogP contribution in [-0.4, -0.2) is 45.3 Å². The third-order valence-electron chi connectivity index (χ3n) is 3.16. The molecule has 0 aliphatic rings. The van der Waals surface area contributed by atoms with Crippen molar-refractivity contribution in [3.8, 4) is 0 Å². The van der Waals surface area contributed by atoms with Gasteiger partial charge >= 0.3 is 0 Å². The Morgan fingerprint density at radius 2 is 2.09 bits per heavy atom. The number of hydrogen-bond donors (Lipinski definition) is 2. The third-order valence-corrected chi connectivity index (χ3v) is 6.28. The Morgan fingerprint density at radius 3 is 2.65 bits per heavy atom. The molecule has 0 saturated heterocycles. The minimum absolute atomic E-state index is 0.177. The molecule has 0 radical (unpaired) electrons. The van der Waals surface area contributed by atoms with Gasteiger partial charge in [0, 0.05) is 51.9 Å². The number of rotatable bonds is 8. The topological polar surface area (TPSA) is 66.4 Å². The van der Waals surface area contributed by atoms with E-state index in [4.69, 9.17) is 0 Å². The lowest BCUT2D eigenvalue weighted by Gasteiger charge is -2.17. The van der Waals surface area contributed by atoms with Crippen LogP contribution in [0, 0.1) is 0 Å². The van der Waals surface area contributed by atoms with Crippen molar-refractivity contribution >= 4 is 28.1 Å². The Kier molecular flexibility index (Phi) is 8.76. The second kappa shape index (κ2) is 10.0. The molecule has 0 saturated carbocycles. The number of aliphatic imine (C=N–C) groups is 1. The summed E-state index contributed by atoms with van der Waals surface area (Å²) in [5, 5.41) is 7.69. The molecule has 0 aliphatic carbocycles. The van der Waals surface area contributed by atoms with Crippen LogP contribution >= 0.6 is 11.3 Å². The molecule has 1 atom stereocenters. The van der Waals surface area contributed by atoms with Crippen molar-refractivity contribution in [2.45, 2.75) is 52.2 Å². The Balaban J connectivity index is 2.41. The molecule has 0 aliphatic heterocycles. The van der Waals surface area contributed by atoms with E-state index < -0.39 is 10.8 Å². The first-order valence-electron chi connectivity index (χ1n) is 8.21. The predicted molar refractivity (Wildman–Crippen MR) is 102 cm³/mol. The fourth-order valence-electron chi connectivity index (χ4n) is 1.80. The van der Waals surface area contributed by atoms with E-state index in [9.17, 15) is 4.21 Å². The van der Waals surface area contributed by atoms with Crippen LogP contribution in [0.3, 0.4) is 0 Å². The zero-order valence-corrected chi connectivity index (χ0v) is 16.6. The van der Waals surface area contributed by atoms with Gasteiger partial charge in [0.2, 0.25) is 0 Å². The van der Waals surface area contributed by atoms with E-state index in [1.54, 1.807) is 11.3 Å². The van der Waals surface area contributed by atoms with Crippen molar-refractivity contribution in [2.75, 3.05) is 25.4 Å². The molecule has 1 aromatic heterocycles. The minimum atomic E-state index is -0.862. The molecule has 0 aromatic carbocycles. The van der Waals surface area contributed by atoms with Gasteiger partial charge in [-0.25, -0.2) is 4.98 Å². The summed E-state index contributed by atoms with van der Waals surface area (Å²) in [6.07, 6.45) is 3.89. The second-order valence-corrected chi connectivity index (χ2v) is 9.70. The van der Waals surface area contributed by atoms with Gasteiger partial charge in [0.05, 0.1) is 11.6 Å². The van der Waals surface area contributed by atoms with Crippen molar-refractivity contribution in [3.05, 3.63) is 16.1 Å². The van der Waals surface area contributed by atoms with Crippen LogP contribution in [0.2, 0.25) is 0 Å². The van der Waals surface area contributed by atoms with Gasteiger partial charge in [-0.1, -0.05) is 6.92 Å². The van der Waals surface area contributed by atoms with Gasteiger partial charge in [-0.05, 0) is 34.1 Å². The third kappa shape index (κ3) is 7.92. The van der Waals surface area contributed by atoms with Crippen molar-refractivity contribution in [1.82, 2.24) is 15.6 Å². The quantitative estimate of drug-likeness (QED) is 0.553. The number of nitrogens with one attached hydrogen (secondary N) is 2. The molecule has 7 heteroatoms. The van der Waals surface area contributed by atoms with Crippen LogP contribution in [0.5, 0.6) is 0 Å². The van der Waals surface area contributed by atoms with Crippen LogP contribution in [0.15, 0.2) is 11.2 Å². The lowest BCUT2D eigenvalue weighted by molar-refractivity contribution is 0.648. The van der Waals surface area contributed by atoms with E-state index in [-0.39, 0.29) is 4.75 Å². The molecular weight excluding hydrogens is 328 g/mol. The molecule has 5 nitrogen and oxygen atoms in total. The summed E-state index contributed by atoms with van der Waals surface area (Å²) in [7, 11) is -0.862. The summed E-state index contributed by atoms with van der Waals surface area (Å²) in [4.78, 5) is 10.2. The molecule has 1 rings (SSSR count). The van der Waals surface area contributed by atoms with Gasteiger partial charge in [0.15, 0.2) is 5.96 Å². The fraction of sp³-hybridized carbons (Fsp3) is 0.750. The molecule has 0 spiro atoms. The minimum Gasteiger partial charge on any atom is -0.357 e. The highest BCUT2D eigenvalue weighted by molar-refractivity contribution is 7.86. The van der Waals surface area contributed by atoms with E-state index in [0.29, 0.717) is 12.3 Å². The molecule has 132 valence electrons. The standard InChI is InChI=1S/C16H30N4OS2/c1-6-13-12-20-14(22-13)8-9-18-15(17-7-2)19-10-11-23(21)16(3,4)5/h12H,6-11H2,1-5H3,(H2,17,18,19). The smallest absolute Gasteiger partial charge is 0.191 e. The van der Waals surface area contributed by atoms with Crippen LogP contribution in [0.1, 0.15) is 44.5 Å². The van der Waals surface area contributed by atoms with Gasteiger partial charge in [-0.15, -0.1) is 11.3 Å². The SMILES string of the molecule is CCNC(=NCCS(=O)C(C)(C)C)NCCc1ncc(CC)s1. The largest absolute Gasteiger partial charge is 0.357 e. The molecule has 2 N–H and O–H groups in total. The van der Waals surface area contributed by atoms with Crippen molar-refractivity contribution in [2.24, 2.45) is 4.99 Å². The first-order chi connectivity index (χ1) is 10.9. The van der Waals surface area contributed by atoms with Gasteiger partial charge in [-0.3, -0.25) is 9.20 Å². The lowest BCUT2D eigenvalue weighted by Crippen LogP contribution is -2.38. The average molecular weight is 359 g/mol. The van der Waals surface area contributed by atoms with Gasteiger partial charge < -0.3 is 10.6 Å². The summed E-state index contributed by atoms with van der Waals surface area (Å²) in [6, 6.07) is 0. The maximum absolute atomic E-state index is 12.0. The molecule has 0 fully saturated rings. The zero-order chi connectivity index (χ0) is 17.3. The van der Waals surface area contributed by atoms with E-state index in [0.717, 1.165) is 36.9 Å². The van der Waals surface area contributed by atoms with E-state index in [1.807, 2.05) is 33.9 Å². The number of aryl methyl sites for hydroxylation is 1. The van der Waals surface area contributed by atoms with Crippen LogP contribution in [-0.2, 0) is 23.6 Å². The number of guanidine groups is 1. The van der Waals surface area contributed by atoms with Crippen LogP contribution in [0.4, 0.5) is 0 Å². The Hall–Kier alpha value is -0.950. The summed E-state index contributed by atoms with van der Waals surface area (Å²) in [5.41, 5.74) is 0. The van der Waals surface area contributed by atoms with Crippen LogP contribution < -0.4 is 10.6 Å². The highest BCUT2D eigenvalue weighted by Gasteiger charge is 2.18. The number of thiazole rings is 1. The van der Waals surface area contributed by atoms with E-state index in [2.05, 4.69) is 27.5 Å². The van der Waals surface area contributed by atoms with Gasteiger partial charge in [0.1, 0.15) is 0 Å². The monoisotopic (exact) mass is 358 g/mol. The van der Waals surface area contributed by atoms with E-state index >= 15 is 0 Å². The maximum Gasteiger partial charge on any atom is 0.191 e. The molecule has 0 amide bonds. The highest BCUT2D eigenvalue weighted by atomic mass is 32.2. The van der Waals surface area contributed by atoms with Crippen molar-refractivity contribution in [1.29, 1.82) is 0 Å². The highest BCUT2D eigenvalue weighted by Crippen LogP contribution is 2.13. The van der Waals surface area contributed by atoms with E-state index in [1.165, 1.54) is 4.88 Å². The first kappa shape index (κ1) is 20.1. The summed E-state index contributed by atoms with van der Waals surface area (Å²) >= 11 is 1.77. The molecular formula is C16H30N4OS2. The second-order valence-electron chi connectivity index (χ2n) is 6.17. The molecule has 1 unspecified atom stereocenters. The number of aromatic nitrogens is 1. The molecule has 23 heavy (non-hydrogen) atoms. The molecule has 1 heterocycles. The first-order valence-corrected chi connectivity index (χ1v) is 10.3. The van der Waals surface area contributed by atoms with Crippen molar-refractivity contribution in [3.63, 3.8) is 0 Å². The normalized spacial score (nSPS) is 13.9. The van der Waals surface area contributed by atoms with Gasteiger partial charge in [0.25, 0.3) is 0 Å². The lowest BCUT2D eigenvalue weighted by atomic mass is 10.3. The summed E-state index contributed by atoms with van der Waals surface area (Å²) < 4.78 is 11.9. The van der Waals surface area contributed by atoms with Gasteiger partial charge in [-0.2, -0.15) is 0 Å². The van der Waals surface area contributed by atoms with Crippen molar-refractivity contribution < 1.29 is 4.21 Å². The molecule has 0 bridgehead atoms. The maximum atomic E-state index is 12.0.